The summed E-state index contributed by atoms with van der Waals surface area (Å²) < 4.78 is 1.89. The van der Waals surface area contributed by atoms with E-state index in [0.717, 1.165) is 43.4 Å². The first-order valence-corrected chi connectivity index (χ1v) is 13.7. The Morgan fingerprint density at radius 3 is 2.42 bits per heavy atom. The third kappa shape index (κ3) is 5.28. The van der Waals surface area contributed by atoms with Gasteiger partial charge in [0.25, 0.3) is 5.56 Å². The van der Waals surface area contributed by atoms with Gasteiger partial charge in [-0.2, -0.15) is 0 Å². The standard InChI is InChI=1S/C30H39N3O3/c1-20(2)23-11-13-24(14-12-23)29(35)31-26(16-21-7-4-3-5-8-21)30(36)32-17-22-15-25(19-32)27-9-6-10-28(34)33(27)18-22/h3-10,20,22-26H,11-19H2,1-2H3,(H,31,35)/t22?,23?,24?,25-,26-/m0/s1. The quantitative estimate of drug-likeness (QED) is 0.667. The fourth-order valence-electron chi connectivity index (χ4n) is 6.68. The van der Waals surface area contributed by atoms with Crippen molar-refractivity contribution in [3.63, 3.8) is 0 Å². The highest BCUT2D eigenvalue weighted by Gasteiger charge is 2.39. The molecule has 1 saturated carbocycles. The van der Waals surface area contributed by atoms with Gasteiger partial charge in [-0.25, -0.2) is 0 Å². The molecule has 2 amide bonds. The lowest BCUT2D eigenvalue weighted by atomic mass is 9.76. The van der Waals surface area contributed by atoms with Crippen LogP contribution in [0.5, 0.6) is 0 Å². The van der Waals surface area contributed by atoms with Crippen LogP contribution in [-0.2, 0) is 22.6 Å². The molecule has 36 heavy (non-hydrogen) atoms. The average molecular weight is 490 g/mol. The first-order valence-electron chi connectivity index (χ1n) is 13.7. The van der Waals surface area contributed by atoms with Crippen molar-refractivity contribution in [2.45, 2.75) is 70.9 Å². The summed E-state index contributed by atoms with van der Waals surface area (Å²) in [5.41, 5.74) is 2.12. The third-order valence-corrected chi connectivity index (χ3v) is 8.77. The Balaban J connectivity index is 1.31. The molecular weight excluding hydrogens is 450 g/mol. The van der Waals surface area contributed by atoms with Crippen LogP contribution < -0.4 is 10.9 Å². The maximum Gasteiger partial charge on any atom is 0.250 e. The zero-order chi connectivity index (χ0) is 25.2. The summed E-state index contributed by atoms with van der Waals surface area (Å²) in [4.78, 5) is 41.6. The molecule has 0 spiro atoms. The molecule has 3 heterocycles. The maximum absolute atomic E-state index is 13.9. The third-order valence-electron chi connectivity index (χ3n) is 8.77. The van der Waals surface area contributed by atoms with E-state index in [4.69, 9.17) is 0 Å². The molecule has 2 bridgehead atoms. The number of hydrogen-bond acceptors (Lipinski definition) is 3. The van der Waals surface area contributed by atoms with Gasteiger partial charge in [-0.05, 0) is 61.5 Å². The van der Waals surface area contributed by atoms with E-state index >= 15 is 0 Å². The molecule has 1 N–H and O–H groups in total. The van der Waals surface area contributed by atoms with Crippen LogP contribution in [0.4, 0.5) is 0 Å². The number of pyridine rings is 1. The van der Waals surface area contributed by atoms with Crippen LogP contribution in [0.1, 0.15) is 63.1 Å². The monoisotopic (exact) mass is 489 g/mol. The smallest absolute Gasteiger partial charge is 0.250 e. The summed E-state index contributed by atoms with van der Waals surface area (Å²) in [6, 6.07) is 14.9. The number of hydrogen-bond donors (Lipinski definition) is 1. The van der Waals surface area contributed by atoms with Crippen molar-refractivity contribution in [1.29, 1.82) is 0 Å². The topological polar surface area (TPSA) is 71.4 Å². The molecule has 1 saturated heterocycles. The van der Waals surface area contributed by atoms with E-state index in [1.165, 1.54) is 0 Å². The van der Waals surface area contributed by atoms with Crippen molar-refractivity contribution in [3.05, 3.63) is 70.1 Å². The summed E-state index contributed by atoms with van der Waals surface area (Å²) in [6.45, 7) is 6.42. The fourth-order valence-corrected chi connectivity index (χ4v) is 6.68. The summed E-state index contributed by atoms with van der Waals surface area (Å²) in [7, 11) is 0. The van der Waals surface area contributed by atoms with Gasteiger partial charge in [0.15, 0.2) is 0 Å². The number of likely N-dealkylation sites (tertiary alicyclic amines) is 1. The SMILES string of the molecule is CC(C)C1CCC(C(=O)N[C@@H](Cc2ccccc2)C(=O)N2CC3C[C@@H](C2)c2cccc(=O)n2C3)CC1. The van der Waals surface area contributed by atoms with Crippen molar-refractivity contribution < 1.29 is 9.59 Å². The highest BCUT2D eigenvalue weighted by molar-refractivity contribution is 5.89. The van der Waals surface area contributed by atoms with Gasteiger partial charge in [-0.15, -0.1) is 0 Å². The fraction of sp³-hybridized carbons (Fsp3) is 0.567. The zero-order valence-corrected chi connectivity index (χ0v) is 21.6. The Morgan fingerprint density at radius 2 is 1.69 bits per heavy atom. The Labute approximate surface area is 214 Å². The Bertz CT molecular complexity index is 1130. The molecule has 3 aliphatic rings. The molecule has 0 radical (unpaired) electrons. The molecule has 1 unspecified atom stereocenters. The number of fused-ring (bicyclic) bond motifs is 4. The van der Waals surface area contributed by atoms with E-state index in [1.54, 1.807) is 6.07 Å². The van der Waals surface area contributed by atoms with Gasteiger partial charge in [0.2, 0.25) is 11.8 Å². The largest absolute Gasteiger partial charge is 0.344 e. The van der Waals surface area contributed by atoms with Crippen LogP contribution in [0.25, 0.3) is 0 Å². The van der Waals surface area contributed by atoms with Crippen molar-refractivity contribution in [2.24, 2.45) is 23.7 Å². The zero-order valence-electron chi connectivity index (χ0n) is 21.6. The second-order valence-corrected chi connectivity index (χ2v) is 11.5. The van der Waals surface area contributed by atoms with Gasteiger partial charge < -0.3 is 14.8 Å². The lowest BCUT2D eigenvalue weighted by Gasteiger charge is -2.43. The van der Waals surface area contributed by atoms with Crippen LogP contribution >= 0.6 is 0 Å². The number of nitrogens with one attached hydrogen (secondary N) is 1. The van der Waals surface area contributed by atoms with Crippen molar-refractivity contribution in [1.82, 2.24) is 14.8 Å². The minimum atomic E-state index is -0.570. The van der Waals surface area contributed by atoms with Gasteiger partial charge in [0, 0.05) is 49.7 Å². The normalized spacial score (nSPS) is 26.2. The van der Waals surface area contributed by atoms with Gasteiger partial charge in [-0.3, -0.25) is 14.4 Å². The first-order chi connectivity index (χ1) is 17.4. The molecule has 5 rings (SSSR count). The number of nitrogens with zero attached hydrogens (tertiary/aromatic N) is 2. The van der Waals surface area contributed by atoms with Crippen LogP contribution in [0.3, 0.4) is 0 Å². The second-order valence-electron chi connectivity index (χ2n) is 11.5. The van der Waals surface area contributed by atoms with Gasteiger partial charge >= 0.3 is 0 Å². The molecule has 2 aromatic rings. The number of benzene rings is 1. The molecule has 1 aromatic carbocycles. The van der Waals surface area contributed by atoms with E-state index in [1.807, 2.05) is 51.9 Å². The predicted molar refractivity (Wildman–Crippen MR) is 140 cm³/mol. The molecule has 2 fully saturated rings. The van der Waals surface area contributed by atoms with Crippen molar-refractivity contribution in [3.8, 4) is 0 Å². The number of carbonyl (C=O) groups is 2. The molecule has 192 valence electrons. The number of piperidine rings is 1. The van der Waals surface area contributed by atoms with Gasteiger partial charge in [0.1, 0.15) is 6.04 Å². The molecule has 1 aromatic heterocycles. The Hall–Kier alpha value is -2.89. The van der Waals surface area contributed by atoms with E-state index in [0.29, 0.717) is 37.9 Å². The highest BCUT2D eigenvalue weighted by atomic mass is 16.2. The lowest BCUT2D eigenvalue weighted by Crippen LogP contribution is -2.56. The first kappa shape index (κ1) is 24.8. The Morgan fingerprint density at radius 1 is 0.944 bits per heavy atom. The molecule has 1 aliphatic carbocycles. The van der Waals surface area contributed by atoms with Crippen LogP contribution in [0.2, 0.25) is 0 Å². The van der Waals surface area contributed by atoms with Gasteiger partial charge in [-0.1, -0.05) is 50.2 Å². The summed E-state index contributed by atoms with van der Waals surface area (Å²) in [5.74, 6) is 1.80. The molecule has 3 atom stereocenters. The number of aromatic nitrogens is 1. The van der Waals surface area contributed by atoms with E-state index in [-0.39, 0.29) is 35.1 Å². The minimum absolute atomic E-state index is 0.00416. The van der Waals surface area contributed by atoms with Crippen LogP contribution in [-0.4, -0.2) is 40.4 Å². The summed E-state index contributed by atoms with van der Waals surface area (Å²) >= 11 is 0. The maximum atomic E-state index is 13.9. The van der Waals surface area contributed by atoms with E-state index in [9.17, 15) is 14.4 Å². The van der Waals surface area contributed by atoms with E-state index < -0.39 is 6.04 Å². The second kappa shape index (κ2) is 10.6. The predicted octanol–water partition coefficient (Wildman–Crippen LogP) is 3.98. The number of amides is 2. The molecule has 2 aliphatic heterocycles. The molecule has 6 heteroatoms. The van der Waals surface area contributed by atoms with Crippen LogP contribution in [0, 0.1) is 23.7 Å². The highest BCUT2D eigenvalue weighted by Crippen LogP contribution is 2.36. The number of rotatable bonds is 6. The van der Waals surface area contributed by atoms with Gasteiger partial charge in [0.05, 0.1) is 0 Å². The Kier molecular flexibility index (Phi) is 7.31. The average Bonchev–Trinajstić information content (AvgIpc) is 2.89. The van der Waals surface area contributed by atoms with Crippen molar-refractivity contribution in [2.75, 3.05) is 13.1 Å². The van der Waals surface area contributed by atoms with E-state index in [2.05, 4.69) is 19.2 Å². The molecular formula is C30H39N3O3. The lowest BCUT2D eigenvalue weighted by molar-refractivity contribution is -0.140. The number of carbonyl (C=O) groups excluding carboxylic acids is 2. The van der Waals surface area contributed by atoms with Crippen molar-refractivity contribution >= 4 is 11.8 Å². The summed E-state index contributed by atoms with van der Waals surface area (Å²) in [6.07, 6.45) is 5.47. The van der Waals surface area contributed by atoms with Crippen LogP contribution in [0.15, 0.2) is 53.3 Å². The summed E-state index contributed by atoms with van der Waals surface area (Å²) in [5, 5.41) is 3.18. The molecule has 6 nitrogen and oxygen atoms in total. The minimum Gasteiger partial charge on any atom is -0.344 e.